The molecule has 0 aliphatic heterocycles. The van der Waals surface area contributed by atoms with Gasteiger partial charge >= 0.3 is 0 Å². The van der Waals surface area contributed by atoms with Crippen LogP contribution in [0.15, 0.2) is 18.2 Å². The van der Waals surface area contributed by atoms with Crippen LogP contribution in [0.4, 0.5) is 8.78 Å². The van der Waals surface area contributed by atoms with Gasteiger partial charge in [-0.3, -0.25) is 0 Å². The summed E-state index contributed by atoms with van der Waals surface area (Å²) in [6.45, 7) is 0. The maximum Gasteiger partial charge on any atom is 0.126 e. The van der Waals surface area contributed by atoms with Crippen LogP contribution in [0.5, 0.6) is 0 Å². The lowest BCUT2D eigenvalue weighted by atomic mass is 9.66. The summed E-state index contributed by atoms with van der Waals surface area (Å²) in [5.41, 5.74) is -0.134. The molecular weight excluding hydrogens is 196 g/mol. The first kappa shape index (κ1) is 10.1. The van der Waals surface area contributed by atoms with Crippen molar-refractivity contribution in [1.29, 1.82) is 5.26 Å². The second-order valence-electron chi connectivity index (χ2n) is 4.16. The van der Waals surface area contributed by atoms with Crippen molar-refractivity contribution in [3.8, 4) is 6.07 Å². The van der Waals surface area contributed by atoms with Crippen molar-refractivity contribution in [3.63, 3.8) is 0 Å². The summed E-state index contributed by atoms with van der Waals surface area (Å²) in [5, 5.41) is 8.99. The highest BCUT2D eigenvalue weighted by molar-refractivity contribution is 5.23. The van der Waals surface area contributed by atoms with Crippen molar-refractivity contribution < 1.29 is 8.78 Å². The second kappa shape index (κ2) is 3.62. The molecule has 1 aliphatic rings. The second-order valence-corrected chi connectivity index (χ2v) is 4.16. The zero-order chi connectivity index (χ0) is 10.9. The number of nitriles is 1. The molecule has 0 spiro atoms. The fourth-order valence-corrected chi connectivity index (χ4v) is 1.98. The Labute approximate surface area is 87.3 Å². The third-order valence-corrected chi connectivity index (χ3v) is 3.08. The van der Waals surface area contributed by atoms with Crippen molar-refractivity contribution in [2.45, 2.75) is 25.7 Å². The molecule has 0 aromatic heterocycles. The fourth-order valence-electron chi connectivity index (χ4n) is 1.98. The molecular formula is C12H11F2N. The minimum atomic E-state index is -0.450. The summed E-state index contributed by atoms with van der Waals surface area (Å²) < 4.78 is 26.2. The Morgan fingerprint density at radius 1 is 1.33 bits per heavy atom. The van der Waals surface area contributed by atoms with Crippen molar-refractivity contribution >= 4 is 0 Å². The van der Waals surface area contributed by atoms with Gasteiger partial charge in [0, 0.05) is 0 Å². The molecule has 1 aliphatic carbocycles. The SMILES string of the molecule is N#CC1(Cc2cc(F)ccc2F)CCC1. The zero-order valence-corrected chi connectivity index (χ0v) is 8.26. The van der Waals surface area contributed by atoms with Crippen molar-refractivity contribution in [3.05, 3.63) is 35.4 Å². The molecule has 0 heterocycles. The number of hydrogen-bond donors (Lipinski definition) is 0. The fraction of sp³-hybridized carbons (Fsp3) is 0.417. The molecule has 3 heteroatoms. The first-order valence-corrected chi connectivity index (χ1v) is 5.00. The van der Waals surface area contributed by atoms with E-state index < -0.39 is 17.0 Å². The van der Waals surface area contributed by atoms with E-state index in [4.69, 9.17) is 5.26 Å². The lowest BCUT2D eigenvalue weighted by molar-refractivity contribution is 0.211. The van der Waals surface area contributed by atoms with E-state index in [0.717, 1.165) is 31.4 Å². The van der Waals surface area contributed by atoms with E-state index in [9.17, 15) is 8.78 Å². The van der Waals surface area contributed by atoms with Gasteiger partial charge in [-0.15, -0.1) is 0 Å². The highest BCUT2D eigenvalue weighted by Gasteiger charge is 2.37. The number of halogens is 2. The topological polar surface area (TPSA) is 23.8 Å². The van der Waals surface area contributed by atoms with Gasteiger partial charge in [-0.1, -0.05) is 6.42 Å². The minimum Gasteiger partial charge on any atom is -0.207 e. The Kier molecular flexibility index (Phi) is 2.44. The van der Waals surface area contributed by atoms with E-state index >= 15 is 0 Å². The Morgan fingerprint density at radius 2 is 2.07 bits per heavy atom. The molecule has 1 aromatic rings. The lowest BCUT2D eigenvalue weighted by Gasteiger charge is -2.35. The number of benzene rings is 1. The zero-order valence-electron chi connectivity index (χ0n) is 8.26. The first-order valence-electron chi connectivity index (χ1n) is 5.00. The monoisotopic (exact) mass is 207 g/mol. The summed E-state index contributed by atoms with van der Waals surface area (Å²) >= 11 is 0. The van der Waals surface area contributed by atoms with Gasteiger partial charge in [-0.25, -0.2) is 8.78 Å². The molecule has 15 heavy (non-hydrogen) atoms. The molecule has 1 fully saturated rings. The van der Waals surface area contributed by atoms with Crippen LogP contribution in [0.3, 0.4) is 0 Å². The molecule has 1 aromatic carbocycles. The Balaban J connectivity index is 2.24. The van der Waals surface area contributed by atoms with Gasteiger partial charge < -0.3 is 0 Å². The average Bonchev–Trinajstić information content (AvgIpc) is 2.17. The van der Waals surface area contributed by atoms with Gasteiger partial charge in [0.15, 0.2) is 0 Å². The minimum absolute atomic E-state index is 0.316. The van der Waals surface area contributed by atoms with Gasteiger partial charge in [0.2, 0.25) is 0 Å². The van der Waals surface area contributed by atoms with E-state index in [1.54, 1.807) is 0 Å². The first-order chi connectivity index (χ1) is 7.15. The van der Waals surface area contributed by atoms with E-state index in [1.165, 1.54) is 6.07 Å². The molecule has 0 saturated heterocycles. The molecule has 78 valence electrons. The maximum atomic E-state index is 13.3. The molecule has 1 saturated carbocycles. The molecule has 0 atom stereocenters. The largest absolute Gasteiger partial charge is 0.207 e. The molecule has 2 rings (SSSR count). The van der Waals surface area contributed by atoms with Crippen molar-refractivity contribution in [2.24, 2.45) is 5.41 Å². The summed E-state index contributed by atoms with van der Waals surface area (Å²) in [5.74, 6) is -0.864. The smallest absolute Gasteiger partial charge is 0.126 e. The normalized spacial score (nSPS) is 17.9. The third-order valence-electron chi connectivity index (χ3n) is 3.08. The van der Waals surface area contributed by atoms with Gasteiger partial charge in [0.25, 0.3) is 0 Å². The molecule has 0 unspecified atom stereocenters. The van der Waals surface area contributed by atoms with Crippen LogP contribution < -0.4 is 0 Å². The van der Waals surface area contributed by atoms with Gasteiger partial charge in [0.05, 0.1) is 11.5 Å². The summed E-state index contributed by atoms with van der Waals surface area (Å²) in [4.78, 5) is 0. The Hall–Kier alpha value is -1.43. The lowest BCUT2D eigenvalue weighted by Crippen LogP contribution is -2.30. The van der Waals surface area contributed by atoms with E-state index in [-0.39, 0.29) is 0 Å². The van der Waals surface area contributed by atoms with Crippen LogP contribution in [0.25, 0.3) is 0 Å². The van der Waals surface area contributed by atoms with E-state index in [2.05, 4.69) is 6.07 Å². The highest BCUT2D eigenvalue weighted by atomic mass is 19.1. The van der Waals surface area contributed by atoms with Crippen LogP contribution in [0, 0.1) is 28.4 Å². The highest BCUT2D eigenvalue weighted by Crippen LogP contribution is 2.43. The van der Waals surface area contributed by atoms with Gasteiger partial charge in [-0.2, -0.15) is 5.26 Å². The quantitative estimate of drug-likeness (QED) is 0.730. The predicted octanol–water partition coefficient (Wildman–Crippen LogP) is 3.20. The van der Waals surface area contributed by atoms with Crippen LogP contribution in [0.2, 0.25) is 0 Å². The van der Waals surface area contributed by atoms with E-state index in [0.29, 0.717) is 12.0 Å². The molecule has 1 nitrogen and oxygen atoms in total. The summed E-state index contributed by atoms with van der Waals surface area (Å²) in [7, 11) is 0. The summed E-state index contributed by atoms with van der Waals surface area (Å²) in [6, 6.07) is 5.62. The molecule has 0 N–H and O–H groups in total. The van der Waals surface area contributed by atoms with Crippen molar-refractivity contribution in [1.82, 2.24) is 0 Å². The third kappa shape index (κ3) is 1.85. The molecule has 0 radical (unpaired) electrons. The Morgan fingerprint density at radius 3 is 2.60 bits per heavy atom. The van der Waals surface area contributed by atoms with Crippen LogP contribution in [0.1, 0.15) is 24.8 Å². The number of nitrogens with zero attached hydrogens (tertiary/aromatic N) is 1. The van der Waals surface area contributed by atoms with Crippen LogP contribution >= 0.6 is 0 Å². The van der Waals surface area contributed by atoms with Gasteiger partial charge in [-0.05, 0) is 43.0 Å². The van der Waals surface area contributed by atoms with E-state index in [1.807, 2.05) is 0 Å². The maximum absolute atomic E-state index is 13.3. The Bertz CT molecular complexity index is 416. The standard InChI is InChI=1S/C12H11F2N/c13-10-2-3-11(14)9(6-10)7-12(8-15)4-1-5-12/h2-3,6H,1,4-5,7H2. The number of hydrogen-bond acceptors (Lipinski definition) is 1. The summed E-state index contributed by atoms with van der Waals surface area (Å²) in [6.07, 6.45) is 2.91. The average molecular weight is 207 g/mol. The van der Waals surface area contributed by atoms with Gasteiger partial charge in [0.1, 0.15) is 11.6 Å². The van der Waals surface area contributed by atoms with Crippen LogP contribution in [-0.2, 0) is 6.42 Å². The molecule has 0 bridgehead atoms. The number of rotatable bonds is 2. The predicted molar refractivity (Wildman–Crippen MR) is 52.0 cm³/mol. The van der Waals surface area contributed by atoms with Crippen molar-refractivity contribution in [2.75, 3.05) is 0 Å². The van der Waals surface area contributed by atoms with Crippen LogP contribution in [-0.4, -0.2) is 0 Å². The molecule has 0 amide bonds.